The number of nitrogens with one attached hydrogen (secondary N) is 4. The largest absolute Gasteiger partial charge is 0.469 e. The van der Waals surface area contributed by atoms with Gasteiger partial charge in [0.1, 0.15) is 11.5 Å². The first kappa shape index (κ1) is 26.1. The van der Waals surface area contributed by atoms with Gasteiger partial charge in [-0.25, -0.2) is 20.0 Å². The van der Waals surface area contributed by atoms with Gasteiger partial charge < -0.3 is 30.1 Å². The smallest absolute Gasteiger partial charge is 0.202 e. The van der Waals surface area contributed by atoms with E-state index in [4.69, 9.17) is 29.5 Å². The predicted octanol–water partition coefficient (Wildman–Crippen LogP) is 1.24. The summed E-state index contributed by atoms with van der Waals surface area (Å²) in [6.45, 7) is 9.88. The van der Waals surface area contributed by atoms with Crippen molar-refractivity contribution in [2.24, 2.45) is 25.7 Å². The maximum absolute atomic E-state index is 6.12. The molecule has 37 heavy (non-hydrogen) atoms. The minimum Gasteiger partial charge on any atom is -0.469 e. The van der Waals surface area contributed by atoms with Crippen LogP contribution in [0.4, 0.5) is 0 Å². The van der Waals surface area contributed by atoms with Crippen LogP contribution in [0.25, 0.3) is 0 Å². The fourth-order valence-electron chi connectivity index (χ4n) is 3.84. The Hall–Kier alpha value is -3.96. The molecule has 4 atom stereocenters. The van der Waals surface area contributed by atoms with Crippen molar-refractivity contribution >= 4 is 23.8 Å². The van der Waals surface area contributed by atoms with E-state index < -0.39 is 0 Å². The van der Waals surface area contributed by atoms with Crippen molar-refractivity contribution in [3.05, 3.63) is 48.3 Å². The molecule has 4 rings (SSSR count). The second-order valence-electron chi connectivity index (χ2n) is 9.32. The van der Waals surface area contributed by atoms with Gasteiger partial charge in [-0.1, -0.05) is 0 Å². The van der Waals surface area contributed by atoms with Crippen LogP contribution in [0.1, 0.15) is 39.2 Å². The summed E-state index contributed by atoms with van der Waals surface area (Å²) in [7, 11) is 0. The fourth-order valence-corrected chi connectivity index (χ4v) is 3.84. The van der Waals surface area contributed by atoms with Crippen molar-refractivity contribution < 1.29 is 8.83 Å². The Kier molecular flexibility index (Phi) is 8.70. The summed E-state index contributed by atoms with van der Waals surface area (Å²) in [5.74, 6) is 4.11. The molecule has 0 spiro atoms. The SMILES string of the molecule is CC1N=C(N)NC(N(CCc2ccco2)CNC2=NC(C)C(C)N=C(NCCc3ccco3)N2)=NC1C. The van der Waals surface area contributed by atoms with Gasteiger partial charge in [-0.2, -0.15) is 0 Å². The zero-order valence-electron chi connectivity index (χ0n) is 21.9. The Morgan fingerprint density at radius 1 is 0.811 bits per heavy atom. The first-order valence-electron chi connectivity index (χ1n) is 12.8. The van der Waals surface area contributed by atoms with E-state index in [1.54, 1.807) is 12.5 Å². The minimum absolute atomic E-state index is 0.00654. The molecule has 0 amide bonds. The number of nitrogens with two attached hydrogens (primary N) is 1. The molecular formula is C25H38N10O2. The van der Waals surface area contributed by atoms with Crippen molar-refractivity contribution in [2.75, 3.05) is 19.8 Å². The molecule has 2 aliphatic heterocycles. The summed E-state index contributed by atoms with van der Waals surface area (Å²) in [6, 6.07) is 7.66. The van der Waals surface area contributed by atoms with Gasteiger partial charge in [-0.15, -0.1) is 0 Å². The molecular weight excluding hydrogens is 472 g/mol. The molecule has 0 radical (unpaired) electrons. The molecule has 200 valence electrons. The number of hydrogen-bond donors (Lipinski definition) is 5. The third kappa shape index (κ3) is 7.51. The van der Waals surface area contributed by atoms with Crippen LogP contribution in [0.5, 0.6) is 0 Å². The topological polar surface area (TPSA) is 153 Å². The van der Waals surface area contributed by atoms with Gasteiger partial charge in [-0.05, 0) is 52.0 Å². The Balaban J connectivity index is 1.43. The molecule has 4 unspecified atom stereocenters. The van der Waals surface area contributed by atoms with Gasteiger partial charge in [0.2, 0.25) is 5.96 Å². The highest BCUT2D eigenvalue weighted by Gasteiger charge is 2.23. The van der Waals surface area contributed by atoms with Gasteiger partial charge in [-0.3, -0.25) is 10.6 Å². The molecule has 2 aromatic heterocycles. The molecule has 0 fully saturated rings. The van der Waals surface area contributed by atoms with E-state index in [-0.39, 0.29) is 24.2 Å². The van der Waals surface area contributed by atoms with E-state index in [0.717, 1.165) is 17.9 Å². The van der Waals surface area contributed by atoms with Crippen LogP contribution >= 0.6 is 0 Å². The molecule has 2 aliphatic rings. The molecule has 0 aromatic carbocycles. The molecule has 6 N–H and O–H groups in total. The van der Waals surface area contributed by atoms with Gasteiger partial charge in [0.05, 0.1) is 43.4 Å². The fraction of sp³-hybridized carbons (Fsp3) is 0.520. The van der Waals surface area contributed by atoms with Crippen LogP contribution in [0.3, 0.4) is 0 Å². The number of aliphatic imine (C=N–C) groups is 4. The molecule has 0 aliphatic carbocycles. The van der Waals surface area contributed by atoms with Crippen molar-refractivity contribution in [3.8, 4) is 0 Å². The monoisotopic (exact) mass is 510 g/mol. The van der Waals surface area contributed by atoms with E-state index in [2.05, 4.69) is 45.0 Å². The molecule has 12 nitrogen and oxygen atoms in total. The lowest BCUT2D eigenvalue weighted by Crippen LogP contribution is -2.54. The lowest BCUT2D eigenvalue weighted by atomic mass is 10.2. The summed E-state index contributed by atoms with van der Waals surface area (Å²) in [4.78, 5) is 21.0. The standard InChI is InChI=1S/C25H38N10O2/c1-16-19(4)32-25(33-22(26)29-16)35(12-10-21-8-6-14-37-21)15-28-24-31-18(3)17(2)30-23(34-24)27-11-9-20-7-5-13-36-20/h5-8,13-14,16-19H,9-12,15H2,1-4H3,(H3,26,29,32,33)(H3,27,28,30,31,34). The first-order valence-corrected chi connectivity index (χ1v) is 12.8. The number of nitrogens with zero attached hydrogens (tertiary/aromatic N) is 5. The summed E-state index contributed by atoms with van der Waals surface area (Å²) in [6.07, 6.45) is 4.81. The van der Waals surface area contributed by atoms with Crippen LogP contribution < -0.4 is 27.0 Å². The number of guanidine groups is 4. The molecule has 4 heterocycles. The van der Waals surface area contributed by atoms with Crippen molar-refractivity contribution in [2.45, 2.75) is 64.7 Å². The zero-order chi connectivity index (χ0) is 26.2. The van der Waals surface area contributed by atoms with Crippen molar-refractivity contribution in [1.82, 2.24) is 26.2 Å². The highest BCUT2D eigenvalue weighted by atomic mass is 16.3. The van der Waals surface area contributed by atoms with Crippen LogP contribution in [-0.4, -0.2) is 72.7 Å². The van der Waals surface area contributed by atoms with Crippen molar-refractivity contribution in [1.29, 1.82) is 0 Å². The Labute approximate surface area is 217 Å². The Morgan fingerprint density at radius 2 is 1.41 bits per heavy atom. The van der Waals surface area contributed by atoms with Gasteiger partial charge >= 0.3 is 0 Å². The first-order chi connectivity index (χ1) is 17.9. The normalized spacial score (nSPS) is 23.8. The van der Waals surface area contributed by atoms with E-state index in [1.807, 2.05) is 38.1 Å². The molecule has 12 heteroatoms. The quantitative estimate of drug-likeness (QED) is 0.333. The predicted molar refractivity (Wildman–Crippen MR) is 146 cm³/mol. The number of hydrogen-bond acceptors (Lipinski definition) is 12. The van der Waals surface area contributed by atoms with Crippen LogP contribution in [0.2, 0.25) is 0 Å². The van der Waals surface area contributed by atoms with Crippen LogP contribution in [0.15, 0.2) is 65.6 Å². The van der Waals surface area contributed by atoms with E-state index >= 15 is 0 Å². The molecule has 2 aromatic rings. The lowest BCUT2D eigenvalue weighted by molar-refractivity contribution is 0.381. The zero-order valence-corrected chi connectivity index (χ0v) is 21.9. The third-order valence-corrected chi connectivity index (χ3v) is 6.40. The highest BCUT2D eigenvalue weighted by Crippen LogP contribution is 2.09. The van der Waals surface area contributed by atoms with E-state index in [1.165, 1.54) is 0 Å². The maximum atomic E-state index is 6.12. The van der Waals surface area contributed by atoms with Crippen LogP contribution in [0, 0.1) is 0 Å². The lowest BCUT2D eigenvalue weighted by Gasteiger charge is -2.27. The molecule has 0 saturated heterocycles. The van der Waals surface area contributed by atoms with E-state index in [0.29, 0.717) is 50.0 Å². The Bertz CT molecular complexity index is 1110. The summed E-state index contributed by atoms with van der Waals surface area (Å²) >= 11 is 0. The second kappa shape index (κ2) is 12.3. The Morgan fingerprint density at radius 3 is 2.05 bits per heavy atom. The van der Waals surface area contributed by atoms with Gasteiger partial charge in [0, 0.05) is 25.9 Å². The van der Waals surface area contributed by atoms with Crippen LogP contribution in [-0.2, 0) is 12.8 Å². The van der Waals surface area contributed by atoms with Gasteiger partial charge in [0.15, 0.2) is 17.9 Å². The summed E-state index contributed by atoms with van der Waals surface area (Å²) in [5, 5.41) is 13.3. The minimum atomic E-state index is -0.0269. The molecule has 0 saturated carbocycles. The molecule has 0 bridgehead atoms. The van der Waals surface area contributed by atoms with Crippen molar-refractivity contribution in [3.63, 3.8) is 0 Å². The average molecular weight is 511 g/mol. The summed E-state index contributed by atoms with van der Waals surface area (Å²) in [5.41, 5.74) is 6.12. The number of furan rings is 2. The highest BCUT2D eigenvalue weighted by molar-refractivity contribution is 6.00. The third-order valence-electron chi connectivity index (χ3n) is 6.40. The maximum Gasteiger partial charge on any atom is 0.202 e. The average Bonchev–Trinajstić information content (AvgIpc) is 3.53. The second-order valence-corrected chi connectivity index (χ2v) is 9.32. The van der Waals surface area contributed by atoms with Gasteiger partial charge in [0.25, 0.3) is 0 Å². The number of rotatable bonds is 8. The van der Waals surface area contributed by atoms with E-state index in [9.17, 15) is 0 Å². The summed E-state index contributed by atoms with van der Waals surface area (Å²) < 4.78 is 11.0.